The van der Waals surface area contributed by atoms with Gasteiger partial charge in [-0.3, -0.25) is 4.79 Å². The summed E-state index contributed by atoms with van der Waals surface area (Å²) in [5.41, 5.74) is 7.87. The molecule has 1 aromatic carbocycles. The summed E-state index contributed by atoms with van der Waals surface area (Å²) in [4.78, 5) is 18.7. The van der Waals surface area contributed by atoms with Crippen molar-refractivity contribution in [3.05, 3.63) is 52.0 Å². The molecule has 2 atom stereocenters. The number of benzene rings is 1. The summed E-state index contributed by atoms with van der Waals surface area (Å²) in [5, 5.41) is 3.05. The molecule has 6 heteroatoms. The van der Waals surface area contributed by atoms with Gasteiger partial charge in [0.1, 0.15) is 12.4 Å². The van der Waals surface area contributed by atoms with Gasteiger partial charge in [0.05, 0.1) is 10.7 Å². The van der Waals surface area contributed by atoms with Gasteiger partial charge in [0.2, 0.25) is 5.91 Å². The fourth-order valence-electron chi connectivity index (χ4n) is 3.11. The summed E-state index contributed by atoms with van der Waals surface area (Å²) in [5.74, 6) is 0.835. The number of rotatable bonds is 5. The van der Waals surface area contributed by atoms with Crippen molar-refractivity contribution in [2.45, 2.75) is 45.4 Å². The molecule has 0 bridgehead atoms. The second-order valence-electron chi connectivity index (χ2n) is 6.71. The highest BCUT2D eigenvalue weighted by molar-refractivity contribution is 7.09. The molecule has 0 radical (unpaired) electrons. The maximum atomic E-state index is 12.4. The van der Waals surface area contributed by atoms with Gasteiger partial charge in [-0.15, -0.1) is 11.3 Å². The number of carbonyl (C=O) groups excluding carboxylic acids is 1. The molecule has 0 spiro atoms. The fourth-order valence-corrected chi connectivity index (χ4v) is 3.70. The molecular weight excluding hydrogens is 346 g/mol. The number of nitrogens with zero attached hydrogens (tertiary/aromatic N) is 2. The number of hydrogen-bond donors (Lipinski definition) is 1. The zero-order chi connectivity index (χ0) is 18.5. The number of likely N-dealkylation sites (tertiary alicyclic amines) is 1. The highest BCUT2D eigenvalue weighted by Crippen LogP contribution is 2.18. The molecule has 1 aromatic heterocycles. The summed E-state index contributed by atoms with van der Waals surface area (Å²) < 4.78 is 5.74. The zero-order valence-corrected chi connectivity index (χ0v) is 16.0. The van der Waals surface area contributed by atoms with Crippen LogP contribution < -0.4 is 10.5 Å². The average molecular weight is 372 g/mol. The summed E-state index contributed by atoms with van der Waals surface area (Å²) in [7, 11) is 0. The van der Waals surface area contributed by atoms with Crippen molar-refractivity contribution in [1.29, 1.82) is 0 Å². The van der Waals surface area contributed by atoms with Crippen LogP contribution in [0.4, 0.5) is 0 Å². The molecule has 1 fully saturated rings. The Morgan fingerprint density at radius 3 is 2.85 bits per heavy atom. The van der Waals surface area contributed by atoms with Crippen LogP contribution in [0.25, 0.3) is 6.08 Å². The van der Waals surface area contributed by atoms with E-state index in [0.29, 0.717) is 6.61 Å². The predicted octanol–water partition coefficient (Wildman–Crippen LogP) is 3.38. The number of carbonyl (C=O) groups is 1. The first kappa shape index (κ1) is 18.6. The van der Waals surface area contributed by atoms with Crippen molar-refractivity contribution < 1.29 is 9.53 Å². The molecule has 2 N–H and O–H groups in total. The molecule has 26 heavy (non-hydrogen) atoms. The van der Waals surface area contributed by atoms with Crippen LogP contribution in [0.1, 0.15) is 36.0 Å². The molecule has 1 aliphatic rings. The number of ether oxygens (including phenoxy) is 1. The number of amides is 1. The normalized spacial score (nSPS) is 20.5. The average Bonchev–Trinajstić information content (AvgIpc) is 3.04. The lowest BCUT2D eigenvalue weighted by molar-refractivity contribution is -0.129. The Morgan fingerprint density at radius 2 is 2.19 bits per heavy atom. The molecular formula is C20H25N3O2S. The van der Waals surface area contributed by atoms with Crippen molar-refractivity contribution >= 4 is 23.3 Å². The first-order valence-corrected chi connectivity index (χ1v) is 9.77. The van der Waals surface area contributed by atoms with E-state index >= 15 is 0 Å². The van der Waals surface area contributed by atoms with E-state index in [-0.39, 0.29) is 18.0 Å². The number of nitrogens with two attached hydrogens (primary N) is 1. The van der Waals surface area contributed by atoms with Crippen LogP contribution in [0.3, 0.4) is 0 Å². The Balaban J connectivity index is 1.53. The first-order chi connectivity index (χ1) is 12.5. The largest absolute Gasteiger partial charge is 0.487 e. The van der Waals surface area contributed by atoms with Crippen LogP contribution in [0.5, 0.6) is 5.75 Å². The number of aryl methyl sites for hydroxylation is 1. The van der Waals surface area contributed by atoms with Gasteiger partial charge in [0.25, 0.3) is 0 Å². The minimum Gasteiger partial charge on any atom is -0.487 e. The highest BCUT2D eigenvalue weighted by atomic mass is 32.1. The van der Waals surface area contributed by atoms with Crippen LogP contribution in [0.15, 0.2) is 35.7 Å². The minimum atomic E-state index is 0.0450. The smallest absolute Gasteiger partial charge is 0.246 e. The third kappa shape index (κ3) is 4.93. The Bertz CT molecular complexity index is 770. The summed E-state index contributed by atoms with van der Waals surface area (Å²) in [6.45, 7) is 5.23. The molecule has 3 rings (SSSR count). The lowest BCUT2D eigenvalue weighted by Crippen LogP contribution is -2.47. The maximum absolute atomic E-state index is 12.4. The number of hydrogen-bond acceptors (Lipinski definition) is 5. The third-order valence-corrected chi connectivity index (χ3v) is 5.37. The Hall–Kier alpha value is -2.18. The highest BCUT2D eigenvalue weighted by Gasteiger charge is 2.25. The molecule has 1 saturated heterocycles. The second-order valence-corrected chi connectivity index (χ2v) is 7.78. The number of piperidine rings is 1. The van der Waals surface area contributed by atoms with E-state index in [1.165, 1.54) is 0 Å². The molecule has 0 aliphatic carbocycles. The van der Waals surface area contributed by atoms with Crippen molar-refractivity contribution in [2.24, 2.45) is 5.73 Å². The summed E-state index contributed by atoms with van der Waals surface area (Å²) in [6.07, 6.45) is 5.22. The van der Waals surface area contributed by atoms with Gasteiger partial charge in [-0.2, -0.15) is 0 Å². The quantitative estimate of drug-likeness (QED) is 0.818. The van der Waals surface area contributed by atoms with Crippen molar-refractivity contribution in [3.63, 3.8) is 0 Å². The monoisotopic (exact) mass is 371 g/mol. The van der Waals surface area contributed by atoms with E-state index < -0.39 is 0 Å². The SMILES string of the molecule is Cc1nc(COc2ccc(C=CC(=O)N3CCC(N)CC3C)cc2)cs1. The third-order valence-electron chi connectivity index (χ3n) is 4.55. The van der Waals surface area contributed by atoms with Gasteiger partial charge in [0.15, 0.2) is 0 Å². The van der Waals surface area contributed by atoms with Gasteiger partial charge in [0, 0.05) is 30.1 Å². The molecule has 1 aliphatic heterocycles. The number of thiazole rings is 1. The van der Waals surface area contributed by atoms with Crippen LogP contribution in [0, 0.1) is 6.92 Å². The standard InChI is InChI=1S/C20H25N3O2S/c1-14-11-17(21)9-10-23(14)20(24)8-5-16-3-6-19(7-4-16)25-12-18-13-26-15(2)22-18/h3-8,13-14,17H,9-12,21H2,1-2H3. The Kier molecular flexibility index (Phi) is 6.06. The van der Waals surface area contributed by atoms with E-state index in [4.69, 9.17) is 10.5 Å². The van der Waals surface area contributed by atoms with E-state index in [1.807, 2.05) is 47.5 Å². The molecule has 2 heterocycles. The van der Waals surface area contributed by atoms with Crippen LogP contribution in [0.2, 0.25) is 0 Å². The van der Waals surface area contributed by atoms with E-state index in [1.54, 1.807) is 17.4 Å². The number of aromatic nitrogens is 1. The van der Waals surface area contributed by atoms with Gasteiger partial charge < -0.3 is 15.4 Å². The Morgan fingerprint density at radius 1 is 1.42 bits per heavy atom. The van der Waals surface area contributed by atoms with Crippen LogP contribution >= 0.6 is 11.3 Å². The molecule has 5 nitrogen and oxygen atoms in total. The van der Waals surface area contributed by atoms with E-state index in [9.17, 15) is 4.79 Å². The molecule has 1 amide bonds. The molecule has 2 aromatic rings. The topological polar surface area (TPSA) is 68.5 Å². The summed E-state index contributed by atoms with van der Waals surface area (Å²) >= 11 is 1.62. The van der Waals surface area contributed by atoms with Crippen molar-refractivity contribution in [3.8, 4) is 5.75 Å². The molecule has 138 valence electrons. The fraction of sp³-hybridized carbons (Fsp3) is 0.400. The minimum absolute atomic E-state index is 0.0450. The molecule has 0 saturated carbocycles. The lowest BCUT2D eigenvalue weighted by atomic mass is 9.99. The Labute approximate surface area is 158 Å². The van der Waals surface area contributed by atoms with Gasteiger partial charge >= 0.3 is 0 Å². The van der Waals surface area contributed by atoms with Gasteiger partial charge in [-0.05, 0) is 50.5 Å². The van der Waals surface area contributed by atoms with Crippen molar-refractivity contribution in [2.75, 3.05) is 6.54 Å². The van der Waals surface area contributed by atoms with Crippen LogP contribution in [-0.4, -0.2) is 34.4 Å². The summed E-state index contributed by atoms with van der Waals surface area (Å²) in [6, 6.07) is 8.11. The van der Waals surface area contributed by atoms with Crippen LogP contribution in [-0.2, 0) is 11.4 Å². The zero-order valence-electron chi connectivity index (χ0n) is 15.2. The maximum Gasteiger partial charge on any atom is 0.246 e. The van der Waals surface area contributed by atoms with E-state index in [2.05, 4.69) is 11.9 Å². The molecule has 2 unspecified atom stereocenters. The van der Waals surface area contributed by atoms with Crippen molar-refractivity contribution in [1.82, 2.24) is 9.88 Å². The first-order valence-electron chi connectivity index (χ1n) is 8.89. The van der Waals surface area contributed by atoms with Gasteiger partial charge in [-0.1, -0.05) is 12.1 Å². The second kappa shape index (κ2) is 8.47. The predicted molar refractivity (Wildman–Crippen MR) is 105 cm³/mol. The van der Waals surface area contributed by atoms with Gasteiger partial charge in [-0.25, -0.2) is 4.98 Å². The van der Waals surface area contributed by atoms with E-state index in [0.717, 1.165) is 41.4 Å². The lowest BCUT2D eigenvalue weighted by Gasteiger charge is -2.35.